The summed E-state index contributed by atoms with van der Waals surface area (Å²) >= 11 is 0. The maximum Gasteiger partial charge on any atom is 0.282 e. The summed E-state index contributed by atoms with van der Waals surface area (Å²) < 4.78 is 20.2. The SMILES string of the molecule is CCCCCCCCCCC(OCCCCCCCCCCC=C(C)C)(OCCCCCCCCCCC=C(C)C)OCCCCCCCCCCC=C(C)C. The lowest BCUT2D eigenvalue weighted by molar-refractivity contribution is -0.384. The monoisotopic (exact) mass is 787 g/mol. The van der Waals surface area contributed by atoms with E-state index in [1.807, 2.05) is 0 Å². The molecule has 0 N–H and O–H groups in total. The average Bonchev–Trinajstić information content (AvgIpc) is 3.16. The maximum absolute atomic E-state index is 6.74. The number of hydrogen-bond acceptors (Lipinski definition) is 3. The second-order valence-corrected chi connectivity index (χ2v) is 18.1. The lowest BCUT2D eigenvalue weighted by Crippen LogP contribution is -2.40. The zero-order valence-electron chi connectivity index (χ0n) is 39.5. The summed E-state index contributed by atoms with van der Waals surface area (Å²) in [7, 11) is 0. The predicted octanol–water partition coefficient (Wildman–Crippen LogP) is 18.7. The van der Waals surface area contributed by atoms with Crippen LogP contribution in [0.25, 0.3) is 0 Å². The number of allylic oxidation sites excluding steroid dienone is 6. The fourth-order valence-corrected chi connectivity index (χ4v) is 7.59. The Morgan fingerprint density at radius 3 is 0.804 bits per heavy atom. The van der Waals surface area contributed by atoms with E-state index in [4.69, 9.17) is 14.2 Å². The Labute approximate surface area is 353 Å². The van der Waals surface area contributed by atoms with E-state index >= 15 is 0 Å². The highest BCUT2D eigenvalue weighted by atomic mass is 16.9. The van der Waals surface area contributed by atoms with Gasteiger partial charge in [0, 0.05) is 6.42 Å². The standard InChI is InChI=1S/C53H102O3/c1-8-9-10-11-12-25-32-39-46-53(54-47-40-33-26-19-13-16-22-29-36-43-50(2)3,55-48-41-34-27-20-14-17-23-30-37-44-51(4)5)56-49-42-35-28-21-15-18-24-31-38-45-52(6)7/h43-45H,8-42,46-49H2,1-7H3. The summed E-state index contributed by atoms with van der Waals surface area (Å²) in [4.78, 5) is 0. The summed E-state index contributed by atoms with van der Waals surface area (Å²) in [5, 5.41) is 0. The largest absolute Gasteiger partial charge is 0.327 e. The zero-order chi connectivity index (χ0) is 41.1. The van der Waals surface area contributed by atoms with Crippen molar-refractivity contribution in [3.8, 4) is 0 Å². The van der Waals surface area contributed by atoms with Crippen LogP contribution in [0.3, 0.4) is 0 Å². The molecule has 332 valence electrons. The Bertz CT molecular complexity index is 775. The molecule has 3 nitrogen and oxygen atoms in total. The molecule has 0 aromatic heterocycles. The van der Waals surface area contributed by atoms with E-state index in [1.165, 1.54) is 216 Å². The molecule has 0 aromatic carbocycles. The number of ether oxygens (including phenoxy) is 3. The van der Waals surface area contributed by atoms with Gasteiger partial charge in [-0.05, 0) is 106 Å². The molecule has 0 atom stereocenters. The van der Waals surface area contributed by atoms with Gasteiger partial charge in [-0.3, -0.25) is 0 Å². The van der Waals surface area contributed by atoms with Crippen molar-refractivity contribution < 1.29 is 14.2 Å². The smallest absolute Gasteiger partial charge is 0.282 e. The Morgan fingerprint density at radius 1 is 0.304 bits per heavy atom. The summed E-state index contributed by atoms with van der Waals surface area (Å²) in [6, 6.07) is 0. The van der Waals surface area contributed by atoms with Crippen molar-refractivity contribution in [1.82, 2.24) is 0 Å². The van der Waals surface area contributed by atoms with Crippen LogP contribution >= 0.6 is 0 Å². The molecule has 0 unspecified atom stereocenters. The summed E-state index contributed by atoms with van der Waals surface area (Å²) in [6.07, 6.45) is 53.7. The Hall–Kier alpha value is -0.900. The Balaban J connectivity index is 4.91. The fraction of sp³-hybridized carbons (Fsp3) is 0.887. The third-order valence-corrected chi connectivity index (χ3v) is 11.3. The first kappa shape index (κ1) is 55.1. The van der Waals surface area contributed by atoms with Gasteiger partial charge in [-0.15, -0.1) is 0 Å². The zero-order valence-corrected chi connectivity index (χ0v) is 39.5. The topological polar surface area (TPSA) is 27.7 Å². The first-order chi connectivity index (χ1) is 27.3. The lowest BCUT2D eigenvalue weighted by atomic mass is 10.1. The van der Waals surface area contributed by atoms with Gasteiger partial charge in [0.05, 0.1) is 19.8 Å². The maximum atomic E-state index is 6.74. The normalized spacial score (nSPS) is 11.6. The van der Waals surface area contributed by atoms with Crippen LogP contribution in [-0.4, -0.2) is 25.8 Å². The molecular formula is C53H102O3. The first-order valence-electron chi connectivity index (χ1n) is 25.1. The van der Waals surface area contributed by atoms with Crippen LogP contribution in [-0.2, 0) is 14.2 Å². The second-order valence-electron chi connectivity index (χ2n) is 18.1. The van der Waals surface area contributed by atoms with Crippen molar-refractivity contribution in [1.29, 1.82) is 0 Å². The van der Waals surface area contributed by atoms with Gasteiger partial charge in [0.1, 0.15) is 0 Å². The van der Waals surface area contributed by atoms with Crippen molar-refractivity contribution in [3.05, 3.63) is 34.9 Å². The minimum Gasteiger partial charge on any atom is -0.327 e. The minimum atomic E-state index is -0.857. The summed E-state index contributed by atoms with van der Waals surface area (Å²) in [6.45, 7) is 17.8. The van der Waals surface area contributed by atoms with Crippen LogP contribution in [0.5, 0.6) is 0 Å². The van der Waals surface area contributed by atoms with E-state index in [0.717, 1.165) is 51.9 Å². The average molecular weight is 787 g/mol. The number of unbranched alkanes of at least 4 members (excludes halogenated alkanes) is 31. The molecule has 0 radical (unpaired) electrons. The van der Waals surface area contributed by atoms with Gasteiger partial charge in [0.15, 0.2) is 0 Å². The molecule has 0 spiro atoms. The molecule has 0 bridgehead atoms. The minimum absolute atomic E-state index is 0.751. The highest BCUT2D eigenvalue weighted by Crippen LogP contribution is 2.27. The number of rotatable bonds is 45. The van der Waals surface area contributed by atoms with Crippen LogP contribution in [0.4, 0.5) is 0 Å². The van der Waals surface area contributed by atoms with Gasteiger partial charge in [-0.25, -0.2) is 0 Å². The molecule has 0 rings (SSSR count). The molecule has 56 heavy (non-hydrogen) atoms. The van der Waals surface area contributed by atoms with Crippen LogP contribution in [0.2, 0.25) is 0 Å². The molecule has 0 amide bonds. The van der Waals surface area contributed by atoms with Crippen LogP contribution in [0.1, 0.15) is 280 Å². The highest BCUT2D eigenvalue weighted by molar-refractivity contribution is 4.93. The second kappa shape index (κ2) is 43.7. The van der Waals surface area contributed by atoms with Crippen LogP contribution in [0, 0.1) is 0 Å². The molecule has 0 aliphatic heterocycles. The van der Waals surface area contributed by atoms with Gasteiger partial charge in [0.2, 0.25) is 0 Å². The van der Waals surface area contributed by atoms with E-state index in [-0.39, 0.29) is 0 Å². The van der Waals surface area contributed by atoms with E-state index in [1.54, 1.807) is 0 Å². The van der Waals surface area contributed by atoms with Gasteiger partial charge < -0.3 is 14.2 Å². The molecule has 0 aliphatic rings. The fourth-order valence-electron chi connectivity index (χ4n) is 7.59. The van der Waals surface area contributed by atoms with Crippen molar-refractivity contribution >= 4 is 0 Å². The van der Waals surface area contributed by atoms with E-state index in [9.17, 15) is 0 Å². The van der Waals surface area contributed by atoms with Gasteiger partial charge in [-0.1, -0.05) is 202 Å². The summed E-state index contributed by atoms with van der Waals surface area (Å²) in [5.41, 5.74) is 4.36. The highest BCUT2D eigenvalue weighted by Gasteiger charge is 2.33. The van der Waals surface area contributed by atoms with E-state index < -0.39 is 5.97 Å². The van der Waals surface area contributed by atoms with E-state index in [0.29, 0.717) is 0 Å². The van der Waals surface area contributed by atoms with Crippen molar-refractivity contribution in [2.75, 3.05) is 19.8 Å². The molecule has 0 fully saturated rings. The van der Waals surface area contributed by atoms with Crippen molar-refractivity contribution in [2.45, 2.75) is 286 Å². The molecule has 0 heterocycles. The summed E-state index contributed by atoms with van der Waals surface area (Å²) in [5.74, 6) is -0.857. The van der Waals surface area contributed by atoms with Crippen molar-refractivity contribution in [3.63, 3.8) is 0 Å². The van der Waals surface area contributed by atoms with Crippen LogP contribution < -0.4 is 0 Å². The van der Waals surface area contributed by atoms with Crippen molar-refractivity contribution in [2.24, 2.45) is 0 Å². The Morgan fingerprint density at radius 2 is 0.536 bits per heavy atom. The lowest BCUT2D eigenvalue weighted by Gasteiger charge is -2.34. The quantitative estimate of drug-likeness (QED) is 0.0350. The molecular weight excluding hydrogens is 685 g/mol. The van der Waals surface area contributed by atoms with E-state index in [2.05, 4.69) is 66.7 Å². The van der Waals surface area contributed by atoms with Crippen LogP contribution in [0.15, 0.2) is 34.9 Å². The molecule has 0 aromatic rings. The first-order valence-corrected chi connectivity index (χ1v) is 25.1. The third-order valence-electron chi connectivity index (χ3n) is 11.3. The third kappa shape index (κ3) is 42.7. The molecule has 0 saturated carbocycles. The number of hydrogen-bond donors (Lipinski definition) is 0. The molecule has 0 saturated heterocycles. The molecule has 0 aliphatic carbocycles. The molecule has 3 heteroatoms. The van der Waals surface area contributed by atoms with Gasteiger partial charge >= 0.3 is 0 Å². The van der Waals surface area contributed by atoms with Gasteiger partial charge in [0.25, 0.3) is 5.97 Å². The Kier molecular flexibility index (Phi) is 43.0. The predicted molar refractivity (Wildman–Crippen MR) is 251 cm³/mol. The van der Waals surface area contributed by atoms with Gasteiger partial charge in [-0.2, -0.15) is 0 Å².